The quantitative estimate of drug-likeness (QED) is 0.361. The number of ether oxygens (including phenoxy) is 2. The van der Waals surface area contributed by atoms with Crippen molar-refractivity contribution >= 4 is 23.4 Å². The van der Waals surface area contributed by atoms with Crippen molar-refractivity contribution in [2.75, 3.05) is 14.2 Å². The zero-order chi connectivity index (χ0) is 19.6. The molecule has 1 aromatic rings. The highest BCUT2D eigenvalue weighted by Gasteiger charge is 2.56. The van der Waals surface area contributed by atoms with Gasteiger partial charge in [-0.15, -0.1) is 0 Å². The van der Waals surface area contributed by atoms with Crippen LogP contribution in [-0.4, -0.2) is 47.6 Å². The standard InChI is InChI=1S/C17H19NO8/c1-17(22)8-11(19)13(15(20)25-2)12(14(17)16(21)26-3)9-4-6-10(7-5-9)18(23)24/h4-7,12-14,22H,8H2,1-3H3/t12-,13-,14-,17+/m1/s1. The van der Waals surface area contributed by atoms with E-state index in [0.717, 1.165) is 14.2 Å². The average Bonchev–Trinajstić information content (AvgIpc) is 2.59. The van der Waals surface area contributed by atoms with Gasteiger partial charge in [-0.2, -0.15) is 0 Å². The van der Waals surface area contributed by atoms with E-state index in [9.17, 15) is 29.6 Å². The van der Waals surface area contributed by atoms with Crippen molar-refractivity contribution in [1.29, 1.82) is 0 Å². The van der Waals surface area contributed by atoms with Crippen molar-refractivity contribution in [2.24, 2.45) is 11.8 Å². The van der Waals surface area contributed by atoms with Crippen molar-refractivity contribution in [3.05, 3.63) is 39.9 Å². The Morgan fingerprint density at radius 3 is 2.19 bits per heavy atom. The molecule has 0 saturated heterocycles. The first-order chi connectivity index (χ1) is 12.1. The summed E-state index contributed by atoms with van der Waals surface area (Å²) in [5.41, 5.74) is -1.62. The molecule has 0 amide bonds. The lowest BCUT2D eigenvalue weighted by Crippen LogP contribution is -2.55. The minimum Gasteiger partial charge on any atom is -0.469 e. The van der Waals surface area contributed by atoms with Crippen LogP contribution in [0.1, 0.15) is 24.8 Å². The minimum absolute atomic E-state index is 0.188. The van der Waals surface area contributed by atoms with Gasteiger partial charge in [-0.3, -0.25) is 24.5 Å². The van der Waals surface area contributed by atoms with Gasteiger partial charge in [0.1, 0.15) is 5.92 Å². The van der Waals surface area contributed by atoms with Crippen LogP contribution in [0.25, 0.3) is 0 Å². The monoisotopic (exact) mass is 365 g/mol. The first kappa shape index (κ1) is 19.5. The molecule has 4 atom stereocenters. The Morgan fingerprint density at radius 1 is 1.19 bits per heavy atom. The van der Waals surface area contributed by atoms with E-state index in [2.05, 4.69) is 0 Å². The summed E-state index contributed by atoms with van der Waals surface area (Å²) in [4.78, 5) is 47.3. The van der Waals surface area contributed by atoms with Gasteiger partial charge < -0.3 is 14.6 Å². The number of non-ortho nitro benzene ring substituents is 1. The second-order valence-electron chi connectivity index (χ2n) is 6.38. The highest BCUT2D eigenvalue weighted by molar-refractivity contribution is 6.02. The third-order valence-corrected chi connectivity index (χ3v) is 4.67. The molecule has 0 unspecified atom stereocenters. The Hall–Kier alpha value is -2.81. The van der Waals surface area contributed by atoms with Gasteiger partial charge >= 0.3 is 11.9 Å². The third kappa shape index (κ3) is 3.43. The maximum Gasteiger partial charge on any atom is 0.316 e. The predicted octanol–water partition coefficient (Wildman–Crippen LogP) is 0.981. The van der Waals surface area contributed by atoms with Crippen LogP contribution < -0.4 is 0 Å². The molecule has 0 aromatic heterocycles. The highest BCUT2D eigenvalue weighted by atomic mass is 16.6. The number of Topliss-reactive ketones (excluding diaryl/α,β-unsaturated/α-hetero) is 1. The molecule has 1 saturated carbocycles. The molecule has 9 heteroatoms. The number of hydrogen-bond donors (Lipinski definition) is 1. The normalized spacial score (nSPS) is 28.3. The Labute approximate surface area is 149 Å². The summed E-state index contributed by atoms with van der Waals surface area (Å²) in [5, 5.41) is 21.5. The molecule has 1 aliphatic rings. The Balaban J connectivity index is 2.62. The van der Waals surface area contributed by atoms with Crippen LogP contribution in [0.15, 0.2) is 24.3 Å². The van der Waals surface area contributed by atoms with Gasteiger partial charge in [-0.25, -0.2) is 0 Å². The molecule has 0 radical (unpaired) electrons. The van der Waals surface area contributed by atoms with Gasteiger partial charge in [0.15, 0.2) is 5.78 Å². The summed E-state index contributed by atoms with van der Waals surface area (Å²) >= 11 is 0. The van der Waals surface area contributed by atoms with Gasteiger partial charge in [0.2, 0.25) is 0 Å². The van der Waals surface area contributed by atoms with Crippen LogP contribution in [0.2, 0.25) is 0 Å². The highest BCUT2D eigenvalue weighted by Crippen LogP contribution is 2.46. The van der Waals surface area contributed by atoms with Crippen LogP contribution >= 0.6 is 0 Å². The van der Waals surface area contributed by atoms with Crippen molar-refractivity contribution < 1.29 is 33.9 Å². The summed E-state index contributed by atoms with van der Waals surface area (Å²) in [6, 6.07) is 5.10. The molecule has 26 heavy (non-hydrogen) atoms. The summed E-state index contributed by atoms with van der Waals surface area (Å²) in [6.07, 6.45) is -0.421. The van der Waals surface area contributed by atoms with Gasteiger partial charge in [0, 0.05) is 24.5 Å². The summed E-state index contributed by atoms with van der Waals surface area (Å²) in [7, 11) is 2.25. The number of methoxy groups -OCH3 is 2. The zero-order valence-corrected chi connectivity index (χ0v) is 14.5. The predicted molar refractivity (Wildman–Crippen MR) is 87.1 cm³/mol. The number of rotatable bonds is 4. The van der Waals surface area contributed by atoms with E-state index < -0.39 is 52.4 Å². The molecule has 1 fully saturated rings. The largest absolute Gasteiger partial charge is 0.469 e. The van der Waals surface area contributed by atoms with Crippen molar-refractivity contribution in [2.45, 2.75) is 24.9 Å². The lowest BCUT2D eigenvalue weighted by molar-refractivity contribution is -0.384. The fourth-order valence-electron chi connectivity index (χ4n) is 3.49. The van der Waals surface area contributed by atoms with Crippen molar-refractivity contribution in [3.63, 3.8) is 0 Å². The molecular formula is C17H19NO8. The lowest BCUT2D eigenvalue weighted by Gasteiger charge is -2.43. The van der Waals surface area contributed by atoms with Crippen LogP contribution in [0.5, 0.6) is 0 Å². The second-order valence-corrected chi connectivity index (χ2v) is 6.38. The number of nitro benzene ring substituents is 1. The van der Waals surface area contributed by atoms with E-state index in [0.29, 0.717) is 5.56 Å². The van der Waals surface area contributed by atoms with E-state index in [1.165, 1.54) is 31.2 Å². The van der Waals surface area contributed by atoms with E-state index in [4.69, 9.17) is 9.47 Å². The molecular weight excluding hydrogens is 346 g/mol. The number of nitro groups is 1. The van der Waals surface area contributed by atoms with Gasteiger partial charge in [0.25, 0.3) is 5.69 Å². The Kier molecular flexibility index (Phi) is 5.41. The summed E-state index contributed by atoms with van der Waals surface area (Å²) < 4.78 is 9.47. The number of aliphatic hydroxyl groups is 1. The van der Waals surface area contributed by atoms with Gasteiger partial charge in [-0.1, -0.05) is 12.1 Å². The molecule has 0 spiro atoms. The number of benzene rings is 1. The molecule has 1 aromatic carbocycles. The fraction of sp³-hybridized carbons (Fsp3) is 0.471. The maximum absolute atomic E-state index is 12.5. The fourth-order valence-corrected chi connectivity index (χ4v) is 3.49. The maximum atomic E-state index is 12.5. The third-order valence-electron chi connectivity index (χ3n) is 4.67. The van der Waals surface area contributed by atoms with Gasteiger partial charge in [-0.05, 0) is 12.5 Å². The number of nitrogens with zero attached hydrogens (tertiary/aromatic N) is 1. The topological polar surface area (TPSA) is 133 Å². The Morgan fingerprint density at radius 2 is 1.73 bits per heavy atom. The minimum atomic E-state index is -1.75. The van der Waals surface area contributed by atoms with Crippen molar-refractivity contribution in [1.82, 2.24) is 0 Å². The van der Waals surface area contributed by atoms with Crippen molar-refractivity contribution in [3.8, 4) is 0 Å². The zero-order valence-electron chi connectivity index (χ0n) is 14.5. The van der Waals surface area contributed by atoms with Crippen LogP contribution in [-0.2, 0) is 23.9 Å². The summed E-state index contributed by atoms with van der Waals surface area (Å²) in [6.45, 7) is 1.32. The summed E-state index contributed by atoms with van der Waals surface area (Å²) in [5.74, 6) is -5.85. The molecule has 9 nitrogen and oxygen atoms in total. The molecule has 0 heterocycles. The number of hydrogen-bond acceptors (Lipinski definition) is 8. The van der Waals surface area contributed by atoms with Crippen LogP contribution in [0.3, 0.4) is 0 Å². The van der Waals surface area contributed by atoms with E-state index in [1.54, 1.807) is 0 Å². The van der Waals surface area contributed by atoms with Crippen LogP contribution in [0.4, 0.5) is 5.69 Å². The van der Waals surface area contributed by atoms with Gasteiger partial charge in [0.05, 0.1) is 30.7 Å². The van der Waals surface area contributed by atoms with Crippen LogP contribution in [0, 0.1) is 22.0 Å². The number of carbonyl (C=O) groups is 3. The molecule has 0 bridgehead atoms. The molecule has 2 rings (SSSR count). The Bertz CT molecular complexity index is 740. The number of ketones is 1. The number of carbonyl (C=O) groups excluding carboxylic acids is 3. The molecule has 1 aliphatic carbocycles. The smallest absolute Gasteiger partial charge is 0.316 e. The first-order valence-electron chi connectivity index (χ1n) is 7.79. The molecule has 140 valence electrons. The van der Waals surface area contributed by atoms with E-state index in [1.807, 2.05) is 0 Å². The van der Waals surface area contributed by atoms with E-state index >= 15 is 0 Å². The first-order valence-corrected chi connectivity index (χ1v) is 7.79. The number of esters is 2. The van der Waals surface area contributed by atoms with E-state index in [-0.39, 0.29) is 5.69 Å². The lowest BCUT2D eigenvalue weighted by atomic mass is 9.62. The SMILES string of the molecule is COC(=O)[C@@H]1C(=O)C[C@](C)(O)[C@@H](C(=O)OC)[C@@H]1c1ccc([N+](=O)[O-])cc1. The average molecular weight is 365 g/mol. The molecule has 0 aliphatic heterocycles. The second kappa shape index (κ2) is 7.20. The molecule has 1 N–H and O–H groups in total.